The van der Waals surface area contributed by atoms with Gasteiger partial charge in [-0.2, -0.15) is 0 Å². The van der Waals surface area contributed by atoms with Gasteiger partial charge in [0.1, 0.15) is 12.9 Å². The molecule has 0 aliphatic heterocycles. The maximum absolute atomic E-state index is 5.85. The van der Waals surface area contributed by atoms with Crippen molar-refractivity contribution in [3.05, 3.63) is 53.5 Å². The first-order valence-electron chi connectivity index (χ1n) is 7.83. The lowest BCUT2D eigenvalue weighted by Crippen LogP contribution is -2.01. The van der Waals surface area contributed by atoms with Crippen LogP contribution in [-0.2, 0) is 19.4 Å². The molecule has 0 aliphatic carbocycles. The second kappa shape index (κ2) is 8.40. The van der Waals surface area contributed by atoms with Gasteiger partial charge in [-0.15, -0.1) is 0 Å². The number of nitrogens with zero attached hydrogens (tertiary/aromatic N) is 2. The third-order valence-corrected chi connectivity index (χ3v) is 3.48. The Morgan fingerprint density at radius 1 is 0.952 bits per heavy atom. The van der Waals surface area contributed by atoms with Gasteiger partial charge in [-0.1, -0.05) is 51.0 Å². The summed E-state index contributed by atoms with van der Waals surface area (Å²) < 4.78 is 5.85. The predicted octanol–water partition coefficient (Wildman–Crippen LogP) is 4.35. The van der Waals surface area contributed by atoms with E-state index in [1.807, 2.05) is 6.20 Å². The zero-order valence-electron chi connectivity index (χ0n) is 13.0. The number of aryl methyl sites for hydroxylation is 2. The summed E-state index contributed by atoms with van der Waals surface area (Å²) >= 11 is 0. The van der Waals surface area contributed by atoms with Gasteiger partial charge in [0, 0.05) is 11.8 Å². The lowest BCUT2D eigenvalue weighted by molar-refractivity contribution is 0.289. The van der Waals surface area contributed by atoms with Crippen LogP contribution in [-0.4, -0.2) is 9.97 Å². The molecule has 0 radical (unpaired) electrons. The highest BCUT2D eigenvalue weighted by atomic mass is 16.5. The summed E-state index contributed by atoms with van der Waals surface area (Å²) in [6.45, 7) is 4.92. The summed E-state index contributed by atoms with van der Waals surface area (Å²) in [6.07, 6.45) is 9.05. The van der Waals surface area contributed by atoms with Crippen LogP contribution in [0.4, 0.5) is 0 Å². The van der Waals surface area contributed by atoms with Crippen molar-refractivity contribution in [3.8, 4) is 5.88 Å². The molecule has 1 aromatic heterocycles. The first-order chi connectivity index (χ1) is 10.3. The van der Waals surface area contributed by atoms with Crippen LogP contribution in [0.5, 0.6) is 5.88 Å². The molecule has 0 saturated heterocycles. The fourth-order valence-electron chi connectivity index (χ4n) is 2.25. The van der Waals surface area contributed by atoms with Crippen LogP contribution >= 0.6 is 0 Å². The predicted molar refractivity (Wildman–Crippen MR) is 85.4 cm³/mol. The number of hydrogen-bond donors (Lipinski definition) is 0. The Morgan fingerprint density at radius 2 is 1.71 bits per heavy atom. The van der Waals surface area contributed by atoms with Gasteiger partial charge in [0.05, 0.1) is 0 Å². The van der Waals surface area contributed by atoms with Crippen molar-refractivity contribution in [2.24, 2.45) is 0 Å². The molecule has 0 bridgehead atoms. The highest BCUT2D eigenvalue weighted by Gasteiger charge is 2.05. The summed E-state index contributed by atoms with van der Waals surface area (Å²) in [5, 5.41) is 0. The van der Waals surface area contributed by atoms with E-state index in [4.69, 9.17) is 4.74 Å². The zero-order chi connectivity index (χ0) is 14.9. The normalized spacial score (nSPS) is 10.6. The van der Waals surface area contributed by atoms with Crippen LogP contribution < -0.4 is 4.74 Å². The number of aromatic nitrogens is 2. The van der Waals surface area contributed by atoms with E-state index in [9.17, 15) is 0 Å². The van der Waals surface area contributed by atoms with Crippen molar-refractivity contribution in [3.63, 3.8) is 0 Å². The maximum atomic E-state index is 5.85. The Kier molecular flexibility index (Phi) is 6.20. The minimum absolute atomic E-state index is 0.557. The average molecular weight is 284 g/mol. The molecular formula is C18H24N2O. The summed E-state index contributed by atoms with van der Waals surface area (Å²) in [5.41, 5.74) is 3.66. The molecule has 112 valence electrons. The van der Waals surface area contributed by atoms with E-state index >= 15 is 0 Å². The molecule has 3 heteroatoms. The smallest absolute Gasteiger partial charge is 0.219 e. The van der Waals surface area contributed by atoms with Crippen LogP contribution in [0.15, 0.2) is 36.8 Å². The molecule has 0 saturated carbocycles. The molecule has 2 rings (SSSR count). The van der Waals surface area contributed by atoms with Gasteiger partial charge in [-0.25, -0.2) is 9.97 Å². The summed E-state index contributed by atoms with van der Waals surface area (Å²) in [7, 11) is 0. The zero-order valence-corrected chi connectivity index (χ0v) is 13.0. The average Bonchev–Trinajstić information content (AvgIpc) is 2.53. The monoisotopic (exact) mass is 284 g/mol. The van der Waals surface area contributed by atoms with Crippen LogP contribution in [0.2, 0.25) is 0 Å². The molecule has 1 aromatic carbocycles. The number of benzene rings is 1. The standard InChI is InChI=1S/C18H24N2O/c1-3-5-7-15-8-10-16(11-9-15)13-21-18-17(6-4-2)12-19-14-20-18/h8-12,14H,3-7,13H2,1-2H3. The van der Waals surface area contributed by atoms with Crippen LogP contribution in [0.25, 0.3) is 0 Å². The number of ether oxygens (including phenoxy) is 1. The maximum Gasteiger partial charge on any atom is 0.219 e. The highest BCUT2D eigenvalue weighted by Crippen LogP contribution is 2.17. The van der Waals surface area contributed by atoms with E-state index < -0.39 is 0 Å². The molecule has 0 amide bonds. The fraction of sp³-hybridized carbons (Fsp3) is 0.444. The van der Waals surface area contributed by atoms with E-state index in [-0.39, 0.29) is 0 Å². The highest BCUT2D eigenvalue weighted by molar-refractivity contribution is 5.25. The Labute approximate surface area is 127 Å². The SMILES string of the molecule is CCCCc1ccc(COc2ncncc2CCC)cc1. The quantitative estimate of drug-likeness (QED) is 0.723. The van der Waals surface area contributed by atoms with Crippen molar-refractivity contribution in [1.29, 1.82) is 0 Å². The Balaban J connectivity index is 1.93. The second-order valence-corrected chi connectivity index (χ2v) is 5.31. The molecule has 0 spiro atoms. The molecule has 0 unspecified atom stereocenters. The van der Waals surface area contributed by atoms with Crippen molar-refractivity contribution in [2.75, 3.05) is 0 Å². The van der Waals surface area contributed by atoms with E-state index in [0.29, 0.717) is 12.5 Å². The van der Waals surface area contributed by atoms with Crippen LogP contribution in [0, 0.1) is 0 Å². The second-order valence-electron chi connectivity index (χ2n) is 5.31. The third-order valence-electron chi connectivity index (χ3n) is 3.48. The molecular weight excluding hydrogens is 260 g/mol. The van der Waals surface area contributed by atoms with E-state index in [2.05, 4.69) is 48.1 Å². The largest absolute Gasteiger partial charge is 0.473 e. The van der Waals surface area contributed by atoms with Gasteiger partial charge in [-0.05, 0) is 30.4 Å². The van der Waals surface area contributed by atoms with Gasteiger partial charge in [0.25, 0.3) is 0 Å². The molecule has 3 nitrogen and oxygen atoms in total. The minimum atomic E-state index is 0.557. The third kappa shape index (κ3) is 4.85. The van der Waals surface area contributed by atoms with Gasteiger partial charge in [0.2, 0.25) is 5.88 Å². The molecule has 21 heavy (non-hydrogen) atoms. The summed E-state index contributed by atoms with van der Waals surface area (Å²) in [6, 6.07) is 8.68. The number of hydrogen-bond acceptors (Lipinski definition) is 3. The van der Waals surface area contributed by atoms with Crippen molar-refractivity contribution >= 4 is 0 Å². The molecule has 0 aliphatic rings. The number of rotatable bonds is 8. The Hall–Kier alpha value is -1.90. The van der Waals surface area contributed by atoms with Gasteiger partial charge < -0.3 is 4.74 Å². The van der Waals surface area contributed by atoms with Gasteiger partial charge >= 0.3 is 0 Å². The first kappa shape index (κ1) is 15.5. The van der Waals surface area contributed by atoms with Gasteiger partial charge in [0.15, 0.2) is 0 Å². The fourth-order valence-corrected chi connectivity index (χ4v) is 2.25. The molecule has 0 fully saturated rings. The van der Waals surface area contributed by atoms with E-state index in [1.165, 1.54) is 24.0 Å². The molecule has 2 aromatic rings. The first-order valence-corrected chi connectivity index (χ1v) is 7.83. The van der Waals surface area contributed by atoms with E-state index in [0.717, 1.165) is 24.8 Å². The van der Waals surface area contributed by atoms with Gasteiger partial charge in [-0.3, -0.25) is 0 Å². The molecule has 0 atom stereocenters. The number of unbranched alkanes of at least 4 members (excludes halogenated alkanes) is 1. The summed E-state index contributed by atoms with van der Waals surface area (Å²) in [5.74, 6) is 0.710. The summed E-state index contributed by atoms with van der Waals surface area (Å²) in [4.78, 5) is 8.31. The Bertz CT molecular complexity index is 537. The molecule has 1 heterocycles. The topological polar surface area (TPSA) is 35.0 Å². The van der Waals surface area contributed by atoms with Crippen LogP contribution in [0.3, 0.4) is 0 Å². The molecule has 0 N–H and O–H groups in total. The van der Waals surface area contributed by atoms with E-state index in [1.54, 1.807) is 6.33 Å². The van der Waals surface area contributed by atoms with Crippen molar-refractivity contribution in [1.82, 2.24) is 9.97 Å². The van der Waals surface area contributed by atoms with Crippen LogP contribution in [0.1, 0.15) is 49.8 Å². The minimum Gasteiger partial charge on any atom is -0.473 e. The van der Waals surface area contributed by atoms with Crippen molar-refractivity contribution < 1.29 is 4.74 Å². The van der Waals surface area contributed by atoms with Crippen molar-refractivity contribution in [2.45, 2.75) is 52.6 Å². The lowest BCUT2D eigenvalue weighted by atomic mass is 10.1. The Morgan fingerprint density at radius 3 is 2.43 bits per heavy atom. The lowest BCUT2D eigenvalue weighted by Gasteiger charge is -2.09.